The molecule has 1 aliphatic rings. The van der Waals surface area contributed by atoms with Gasteiger partial charge in [0.1, 0.15) is 11.5 Å². The molecule has 1 aliphatic carbocycles. The van der Waals surface area contributed by atoms with Gasteiger partial charge in [0.05, 0.1) is 20.8 Å². The van der Waals surface area contributed by atoms with Gasteiger partial charge in [-0.2, -0.15) is 0 Å². The first kappa shape index (κ1) is 12.2. The Morgan fingerprint density at radius 1 is 1.18 bits per heavy atom. The normalized spacial score (nSPS) is 17.4. The molecular weight excluding hydrogens is 216 g/mol. The molecule has 1 aromatic carbocycles. The van der Waals surface area contributed by atoms with E-state index in [4.69, 9.17) is 9.47 Å². The maximum Gasteiger partial charge on any atom is 0.126 e. The van der Waals surface area contributed by atoms with Crippen LogP contribution in [0.5, 0.6) is 11.5 Å². The standard InChI is InChI=1S/C14H20O3/c1-10-7-11(16-2)13(12(8-10)17-3)14(9-15)5-4-6-14/h7-8,15H,4-6,9H2,1-3H3. The molecule has 17 heavy (non-hydrogen) atoms. The van der Waals surface area contributed by atoms with Crippen LogP contribution in [-0.4, -0.2) is 25.9 Å². The second kappa shape index (κ2) is 4.57. The topological polar surface area (TPSA) is 38.7 Å². The molecular formula is C14H20O3. The Hall–Kier alpha value is -1.22. The van der Waals surface area contributed by atoms with E-state index in [1.165, 1.54) is 0 Å². The van der Waals surface area contributed by atoms with Gasteiger partial charge in [0, 0.05) is 11.0 Å². The van der Waals surface area contributed by atoms with Crippen molar-refractivity contribution in [1.82, 2.24) is 0 Å². The highest BCUT2D eigenvalue weighted by atomic mass is 16.5. The highest BCUT2D eigenvalue weighted by Crippen LogP contribution is 2.50. The van der Waals surface area contributed by atoms with Crippen LogP contribution in [0, 0.1) is 6.92 Å². The molecule has 0 unspecified atom stereocenters. The average molecular weight is 236 g/mol. The van der Waals surface area contributed by atoms with Gasteiger partial charge in [-0.1, -0.05) is 6.42 Å². The minimum Gasteiger partial charge on any atom is -0.496 e. The summed E-state index contributed by atoms with van der Waals surface area (Å²) >= 11 is 0. The van der Waals surface area contributed by atoms with Gasteiger partial charge < -0.3 is 14.6 Å². The fourth-order valence-corrected chi connectivity index (χ4v) is 2.66. The molecule has 0 amide bonds. The van der Waals surface area contributed by atoms with Crippen molar-refractivity contribution in [3.63, 3.8) is 0 Å². The van der Waals surface area contributed by atoms with Gasteiger partial charge in [0.15, 0.2) is 0 Å². The monoisotopic (exact) mass is 236 g/mol. The smallest absolute Gasteiger partial charge is 0.126 e. The van der Waals surface area contributed by atoms with Gasteiger partial charge in [-0.05, 0) is 37.5 Å². The summed E-state index contributed by atoms with van der Waals surface area (Å²) in [6.45, 7) is 2.17. The maximum absolute atomic E-state index is 9.69. The quantitative estimate of drug-likeness (QED) is 0.872. The van der Waals surface area contributed by atoms with Crippen molar-refractivity contribution in [2.75, 3.05) is 20.8 Å². The molecule has 1 fully saturated rings. The highest BCUT2D eigenvalue weighted by molar-refractivity contribution is 5.53. The first-order valence-corrected chi connectivity index (χ1v) is 6.01. The first-order chi connectivity index (χ1) is 8.16. The predicted octanol–water partition coefficient (Wildman–Crippen LogP) is 2.43. The minimum absolute atomic E-state index is 0.156. The van der Waals surface area contributed by atoms with E-state index >= 15 is 0 Å². The number of rotatable bonds is 4. The van der Waals surface area contributed by atoms with E-state index in [-0.39, 0.29) is 12.0 Å². The lowest BCUT2D eigenvalue weighted by atomic mass is 9.64. The van der Waals surface area contributed by atoms with E-state index in [1.54, 1.807) is 14.2 Å². The van der Waals surface area contributed by atoms with E-state index in [0.717, 1.165) is 41.9 Å². The molecule has 0 radical (unpaired) electrons. The SMILES string of the molecule is COc1cc(C)cc(OC)c1C1(CO)CCC1. The van der Waals surface area contributed by atoms with Crippen molar-refractivity contribution in [2.24, 2.45) is 0 Å². The third-order valence-electron chi connectivity index (χ3n) is 3.79. The molecule has 0 heterocycles. The van der Waals surface area contributed by atoms with Crippen molar-refractivity contribution in [3.8, 4) is 11.5 Å². The van der Waals surface area contributed by atoms with Crippen molar-refractivity contribution in [2.45, 2.75) is 31.6 Å². The Balaban J connectivity index is 2.57. The lowest BCUT2D eigenvalue weighted by Gasteiger charge is -2.42. The fraction of sp³-hybridized carbons (Fsp3) is 0.571. The first-order valence-electron chi connectivity index (χ1n) is 6.01. The van der Waals surface area contributed by atoms with Gasteiger partial charge in [-0.3, -0.25) is 0 Å². The van der Waals surface area contributed by atoms with Crippen molar-refractivity contribution < 1.29 is 14.6 Å². The largest absolute Gasteiger partial charge is 0.496 e. The maximum atomic E-state index is 9.69. The number of aliphatic hydroxyl groups excluding tert-OH is 1. The molecule has 3 heteroatoms. The molecule has 0 atom stereocenters. The number of aliphatic hydroxyl groups is 1. The number of hydrogen-bond donors (Lipinski definition) is 1. The Morgan fingerprint density at radius 3 is 2.00 bits per heavy atom. The summed E-state index contributed by atoms with van der Waals surface area (Å²) in [7, 11) is 3.34. The van der Waals surface area contributed by atoms with Gasteiger partial charge in [0.2, 0.25) is 0 Å². The van der Waals surface area contributed by atoms with Crippen molar-refractivity contribution in [1.29, 1.82) is 0 Å². The lowest BCUT2D eigenvalue weighted by molar-refractivity contribution is 0.114. The molecule has 1 aromatic rings. The Bertz CT molecular complexity index is 377. The molecule has 94 valence electrons. The van der Waals surface area contributed by atoms with E-state index in [2.05, 4.69) is 0 Å². The van der Waals surface area contributed by atoms with E-state index in [0.29, 0.717) is 0 Å². The van der Waals surface area contributed by atoms with Crippen LogP contribution in [0.1, 0.15) is 30.4 Å². The molecule has 1 saturated carbocycles. The molecule has 0 aliphatic heterocycles. The summed E-state index contributed by atoms with van der Waals surface area (Å²) in [6, 6.07) is 4.02. The van der Waals surface area contributed by atoms with Gasteiger partial charge in [-0.15, -0.1) is 0 Å². The van der Waals surface area contributed by atoms with Crippen LogP contribution < -0.4 is 9.47 Å². The zero-order valence-electron chi connectivity index (χ0n) is 10.7. The van der Waals surface area contributed by atoms with E-state index in [9.17, 15) is 5.11 Å². The number of aryl methyl sites for hydroxylation is 1. The summed E-state index contributed by atoms with van der Waals surface area (Å²) < 4.78 is 10.9. The van der Waals surface area contributed by atoms with E-state index < -0.39 is 0 Å². The summed E-state index contributed by atoms with van der Waals surface area (Å²) in [4.78, 5) is 0. The van der Waals surface area contributed by atoms with Gasteiger partial charge >= 0.3 is 0 Å². The van der Waals surface area contributed by atoms with Crippen LogP contribution in [-0.2, 0) is 5.41 Å². The Morgan fingerprint density at radius 2 is 1.71 bits per heavy atom. The zero-order chi connectivity index (χ0) is 12.5. The Labute approximate surface area is 102 Å². The molecule has 0 bridgehead atoms. The van der Waals surface area contributed by atoms with Crippen LogP contribution in [0.3, 0.4) is 0 Å². The van der Waals surface area contributed by atoms with Crippen molar-refractivity contribution in [3.05, 3.63) is 23.3 Å². The summed E-state index contributed by atoms with van der Waals surface area (Å²) in [6.07, 6.45) is 3.15. The van der Waals surface area contributed by atoms with Crippen LogP contribution in [0.4, 0.5) is 0 Å². The number of hydrogen-bond acceptors (Lipinski definition) is 3. The Kier molecular flexibility index (Phi) is 3.29. The third-order valence-corrected chi connectivity index (χ3v) is 3.79. The predicted molar refractivity (Wildman–Crippen MR) is 66.9 cm³/mol. The molecule has 1 N–H and O–H groups in total. The lowest BCUT2D eigenvalue weighted by Crippen LogP contribution is -2.38. The van der Waals surface area contributed by atoms with Gasteiger partial charge in [-0.25, -0.2) is 0 Å². The fourth-order valence-electron chi connectivity index (χ4n) is 2.66. The third kappa shape index (κ3) is 1.89. The molecule has 0 saturated heterocycles. The van der Waals surface area contributed by atoms with Crippen molar-refractivity contribution >= 4 is 0 Å². The molecule has 0 aromatic heterocycles. The minimum atomic E-state index is -0.162. The van der Waals surface area contributed by atoms with Crippen LogP contribution >= 0.6 is 0 Å². The molecule has 3 nitrogen and oxygen atoms in total. The van der Waals surface area contributed by atoms with E-state index in [1.807, 2.05) is 19.1 Å². The second-order valence-electron chi connectivity index (χ2n) is 4.84. The number of methoxy groups -OCH3 is 2. The average Bonchev–Trinajstić information content (AvgIpc) is 2.29. The van der Waals surface area contributed by atoms with Crippen LogP contribution in [0.25, 0.3) is 0 Å². The number of benzene rings is 1. The summed E-state index contributed by atoms with van der Waals surface area (Å²) in [5, 5.41) is 9.69. The summed E-state index contributed by atoms with van der Waals surface area (Å²) in [5.41, 5.74) is 1.97. The molecule has 0 spiro atoms. The summed E-state index contributed by atoms with van der Waals surface area (Å²) in [5.74, 6) is 1.66. The highest BCUT2D eigenvalue weighted by Gasteiger charge is 2.42. The van der Waals surface area contributed by atoms with Crippen LogP contribution in [0.15, 0.2) is 12.1 Å². The second-order valence-corrected chi connectivity index (χ2v) is 4.84. The van der Waals surface area contributed by atoms with Gasteiger partial charge in [0.25, 0.3) is 0 Å². The molecule has 2 rings (SSSR count). The zero-order valence-corrected chi connectivity index (χ0v) is 10.7. The number of ether oxygens (including phenoxy) is 2. The van der Waals surface area contributed by atoms with Crippen LogP contribution in [0.2, 0.25) is 0 Å².